The second kappa shape index (κ2) is 5.12. The summed E-state index contributed by atoms with van der Waals surface area (Å²) in [6.07, 6.45) is -0.368. The van der Waals surface area contributed by atoms with Crippen molar-refractivity contribution >= 4 is 15.7 Å². The van der Waals surface area contributed by atoms with E-state index in [1.165, 1.54) is 12.1 Å². The summed E-state index contributed by atoms with van der Waals surface area (Å²) >= 11 is 0. The van der Waals surface area contributed by atoms with Gasteiger partial charge in [0.15, 0.2) is 4.90 Å². The van der Waals surface area contributed by atoms with Crippen molar-refractivity contribution in [2.45, 2.75) is 31.3 Å². The fourth-order valence-corrected chi connectivity index (χ4v) is 3.91. The van der Waals surface area contributed by atoms with E-state index >= 15 is 0 Å². The third-order valence-electron chi connectivity index (χ3n) is 3.52. The number of benzene rings is 1. The number of nitro groups is 1. The summed E-state index contributed by atoms with van der Waals surface area (Å²) in [6.45, 7) is 3.55. The molecule has 0 aliphatic carbocycles. The minimum Gasteiger partial charge on any atom is -0.392 e. The zero-order valence-corrected chi connectivity index (χ0v) is 12.1. The smallest absolute Gasteiger partial charge is 0.289 e. The highest BCUT2D eigenvalue weighted by molar-refractivity contribution is 7.89. The summed E-state index contributed by atoms with van der Waals surface area (Å²) < 4.78 is 26.1. The molecule has 20 heavy (non-hydrogen) atoms. The van der Waals surface area contributed by atoms with Gasteiger partial charge in [-0.1, -0.05) is 0 Å². The first-order valence-corrected chi connectivity index (χ1v) is 7.61. The summed E-state index contributed by atoms with van der Waals surface area (Å²) in [4.78, 5) is 10.1. The number of rotatable bonds is 3. The van der Waals surface area contributed by atoms with Crippen LogP contribution < -0.4 is 0 Å². The topological polar surface area (TPSA) is 101 Å². The standard InChI is InChI=1S/C12H16N2O5S/c1-8-5-11(14(16)17)12(6-9(8)2)20(18,19)13-4-3-10(15)7-13/h5-6,10,15H,3-4,7H2,1-2H3/t10-/m1/s1. The van der Waals surface area contributed by atoms with Crippen LogP contribution in [0.5, 0.6) is 0 Å². The number of nitro benzene ring substituents is 1. The van der Waals surface area contributed by atoms with Crippen LogP contribution in [0.4, 0.5) is 5.69 Å². The summed E-state index contributed by atoms with van der Waals surface area (Å²) in [5.74, 6) is 0. The van der Waals surface area contributed by atoms with Gasteiger partial charge in [-0.3, -0.25) is 10.1 Å². The molecule has 0 aromatic heterocycles. The van der Waals surface area contributed by atoms with Crippen LogP contribution in [0.25, 0.3) is 0 Å². The molecular formula is C12H16N2O5S. The van der Waals surface area contributed by atoms with Gasteiger partial charge in [0, 0.05) is 19.2 Å². The lowest BCUT2D eigenvalue weighted by molar-refractivity contribution is -0.387. The van der Waals surface area contributed by atoms with Gasteiger partial charge in [0.05, 0.1) is 11.0 Å². The Kier molecular flexibility index (Phi) is 3.81. The van der Waals surface area contributed by atoms with Gasteiger partial charge >= 0.3 is 0 Å². The molecule has 0 spiro atoms. The number of hydrogen-bond donors (Lipinski definition) is 1. The predicted octanol–water partition coefficient (Wildman–Crippen LogP) is 0.967. The number of aliphatic hydroxyl groups excluding tert-OH is 1. The molecule has 0 saturated carbocycles. The quantitative estimate of drug-likeness (QED) is 0.662. The van der Waals surface area contributed by atoms with Crippen molar-refractivity contribution in [3.8, 4) is 0 Å². The zero-order valence-electron chi connectivity index (χ0n) is 11.2. The number of sulfonamides is 1. The van der Waals surface area contributed by atoms with Crippen LogP contribution in [0.15, 0.2) is 17.0 Å². The SMILES string of the molecule is Cc1cc([N+](=O)[O-])c(S(=O)(=O)N2CC[C@@H](O)C2)cc1C. The normalized spacial score (nSPS) is 20.2. The van der Waals surface area contributed by atoms with Gasteiger partial charge in [-0.25, -0.2) is 8.42 Å². The van der Waals surface area contributed by atoms with Crippen molar-refractivity contribution in [3.63, 3.8) is 0 Å². The Morgan fingerprint density at radius 3 is 2.45 bits per heavy atom. The van der Waals surface area contributed by atoms with Crippen molar-refractivity contribution in [2.24, 2.45) is 0 Å². The maximum Gasteiger partial charge on any atom is 0.289 e. The number of aliphatic hydroxyl groups is 1. The van der Waals surface area contributed by atoms with Gasteiger partial charge in [-0.15, -0.1) is 0 Å². The van der Waals surface area contributed by atoms with E-state index in [4.69, 9.17) is 0 Å². The van der Waals surface area contributed by atoms with E-state index in [1.54, 1.807) is 13.8 Å². The van der Waals surface area contributed by atoms with Gasteiger partial charge in [0.1, 0.15) is 0 Å². The summed E-state index contributed by atoms with van der Waals surface area (Å²) in [5, 5.41) is 20.5. The molecule has 1 atom stereocenters. The third kappa shape index (κ3) is 2.54. The van der Waals surface area contributed by atoms with Crippen LogP contribution in [0, 0.1) is 24.0 Å². The van der Waals surface area contributed by atoms with E-state index in [0.29, 0.717) is 17.5 Å². The van der Waals surface area contributed by atoms with E-state index in [9.17, 15) is 23.6 Å². The number of nitrogens with zero attached hydrogens (tertiary/aromatic N) is 2. The minimum atomic E-state index is -3.95. The van der Waals surface area contributed by atoms with Gasteiger partial charge < -0.3 is 5.11 Å². The first kappa shape index (κ1) is 14.9. The molecule has 0 bridgehead atoms. The van der Waals surface area contributed by atoms with Crippen molar-refractivity contribution in [1.82, 2.24) is 4.31 Å². The highest BCUT2D eigenvalue weighted by Crippen LogP contribution is 2.31. The van der Waals surface area contributed by atoms with Crippen molar-refractivity contribution in [3.05, 3.63) is 33.4 Å². The largest absolute Gasteiger partial charge is 0.392 e. The van der Waals surface area contributed by atoms with Crippen LogP contribution in [0.1, 0.15) is 17.5 Å². The van der Waals surface area contributed by atoms with E-state index in [2.05, 4.69) is 0 Å². The van der Waals surface area contributed by atoms with Gasteiger partial charge in [-0.2, -0.15) is 4.31 Å². The fourth-order valence-electron chi connectivity index (χ4n) is 2.19. The lowest BCUT2D eigenvalue weighted by atomic mass is 10.1. The number of hydrogen-bond acceptors (Lipinski definition) is 5. The van der Waals surface area contributed by atoms with E-state index in [-0.39, 0.29) is 18.0 Å². The fraction of sp³-hybridized carbons (Fsp3) is 0.500. The number of aryl methyl sites for hydroxylation is 2. The van der Waals surface area contributed by atoms with E-state index < -0.39 is 26.7 Å². The molecule has 1 fully saturated rings. The van der Waals surface area contributed by atoms with Gasteiger partial charge in [-0.05, 0) is 37.5 Å². The molecule has 0 unspecified atom stereocenters. The Hall–Kier alpha value is -1.51. The Morgan fingerprint density at radius 2 is 1.95 bits per heavy atom. The molecule has 7 nitrogen and oxygen atoms in total. The molecule has 2 rings (SSSR count). The lowest BCUT2D eigenvalue weighted by Crippen LogP contribution is -2.30. The maximum atomic E-state index is 12.5. The minimum absolute atomic E-state index is 0.0214. The third-order valence-corrected chi connectivity index (χ3v) is 5.41. The molecule has 0 amide bonds. The Bertz CT molecular complexity index is 656. The summed E-state index contributed by atoms with van der Waals surface area (Å²) in [6, 6.07) is 2.60. The highest BCUT2D eigenvalue weighted by atomic mass is 32.2. The Labute approximate surface area is 117 Å². The predicted molar refractivity (Wildman–Crippen MR) is 72.0 cm³/mol. The first-order chi connectivity index (χ1) is 9.23. The second-order valence-electron chi connectivity index (χ2n) is 4.97. The van der Waals surface area contributed by atoms with Crippen LogP contribution in [0.3, 0.4) is 0 Å². The molecule has 1 heterocycles. The average molecular weight is 300 g/mol. The molecule has 1 aromatic rings. The summed E-state index contributed by atoms with van der Waals surface area (Å²) in [5.41, 5.74) is 0.917. The van der Waals surface area contributed by atoms with Gasteiger partial charge in [0.25, 0.3) is 5.69 Å². The van der Waals surface area contributed by atoms with Crippen LogP contribution in [0.2, 0.25) is 0 Å². The molecule has 1 aromatic carbocycles. The van der Waals surface area contributed by atoms with Crippen LogP contribution in [-0.2, 0) is 10.0 Å². The lowest BCUT2D eigenvalue weighted by Gasteiger charge is -2.16. The van der Waals surface area contributed by atoms with Crippen molar-refractivity contribution in [1.29, 1.82) is 0 Å². The molecular weight excluding hydrogens is 284 g/mol. The molecule has 1 aliphatic heterocycles. The molecule has 1 N–H and O–H groups in total. The van der Waals surface area contributed by atoms with Crippen molar-refractivity contribution < 1.29 is 18.4 Å². The zero-order chi connectivity index (χ0) is 15.1. The summed E-state index contributed by atoms with van der Waals surface area (Å²) in [7, 11) is -3.95. The highest BCUT2D eigenvalue weighted by Gasteiger charge is 2.36. The molecule has 0 radical (unpaired) electrons. The Balaban J connectivity index is 2.56. The number of β-amino-alcohol motifs (C(OH)–C–C–N with tert-alkyl or cyclic N) is 1. The second-order valence-corrected chi connectivity index (χ2v) is 6.87. The van der Waals surface area contributed by atoms with Crippen LogP contribution in [-0.4, -0.2) is 41.9 Å². The maximum absolute atomic E-state index is 12.5. The molecule has 8 heteroatoms. The van der Waals surface area contributed by atoms with Crippen molar-refractivity contribution in [2.75, 3.05) is 13.1 Å². The molecule has 110 valence electrons. The monoisotopic (exact) mass is 300 g/mol. The Morgan fingerprint density at radius 1 is 1.35 bits per heavy atom. The molecule has 1 aliphatic rings. The molecule has 1 saturated heterocycles. The van der Waals surface area contributed by atoms with Crippen LogP contribution >= 0.6 is 0 Å². The van der Waals surface area contributed by atoms with E-state index in [0.717, 1.165) is 4.31 Å². The average Bonchev–Trinajstić information content (AvgIpc) is 2.79. The van der Waals surface area contributed by atoms with E-state index in [1.807, 2.05) is 0 Å². The van der Waals surface area contributed by atoms with Gasteiger partial charge in [0.2, 0.25) is 10.0 Å². The first-order valence-electron chi connectivity index (χ1n) is 6.17.